The third-order valence-corrected chi connectivity index (χ3v) is 6.06. The van der Waals surface area contributed by atoms with E-state index in [-0.39, 0.29) is 11.2 Å². The van der Waals surface area contributed by atoms with Crippen molar-refractivity contribution in [3.05, 3.63) is 48.5 Å². The van der Waals surface area contributed by atoms with Gasteiger partial charge in [0.15, 0.2) is 5.16 Å². The zero-order valence-corrected chi connectivity index (χ0v) is 17.6. The fourth-order valence-electron chi connectivity index (χ4n) is 3.58. The van der Waals surface area contributed by atoms with E-state index in [0.29, 0.717) is 6.61 Å². The molecule has 1 atom stereocenters. The lowest BCUT2D eigenvalue weighted by Gasteiger charge is -2.37. The molecule has 2 aromatic carbocycles. The SMILES string of the molecule is CCOc1ccc2nc(SC(C)C(=O)N3CCN(c4ccccc4)CC3)[nH]c2c1. The summed E-state index contributed by atoms with van der Waals surface area (Å²) < 4.78 is 5.54. The molecule has 0 saturated carbocycles. The van der Waals surface area contributed by atoms with Gasteiger partial charge in [-0.3, -0.25) is 4.79 Å². The van der Waals surface area contributed by atoms with Crippen LogP contribution in [0, 0.1) is 0 Å². The van der Waals surface area contributed by atoms with E-state index in [1.807, 2.05) is 43.0 Å². The van der Waals surface area contributed by atoms with Crippen LogP contribution in [0.2, 0.25) is 0 Å². The standard InChI is InChI=1S/C22H26N4O2S/c1-3-28-18-9-10-19-20(15-18)24-22(23-19)29-16(2)21(27)26-13-11-25(12-14-26)17-7-5-4-6-8-17/h4-10,15-16H,3,11-14H2,1-2H3,(H,23,24). The van der Waals surface area contributed by atoms with Crippen molar-refractivity contribution in [1.29, 1.82) is 0 Å². The van der Waals surface area contributed by atoms with Gasteiger partial charge in [0.1, 0.15) is 5.75 Å². The zero-order valence-electron chi connectivity index (χ0n) is 16.8. The van der Waals surface area contributed by atoms with Gasteiger partial charge in [0.2, 0.25) is 5.91 Å². The van der Waals surface area contributed by atoms with Crippen LogP contribution in [0.3, 0.4) is 0 Å². The van der Waals surface area contributed by atoms with Crippen molar-refractivity contribution in [1.82, 2.24) is 14.9 Å². The fraction of sp³-hybridized carbons (Fsp3) is 0.364. The number of benzene rings is 2. The molecule has 2 heterocycles. The highest BCUT2D eigenvalue weighted by molar-refractivity contribution is 8.00. The van der Waals surface area contributed by atoms with Crippen molar-refractivity contribution in [3.63, 3.8) is 0 Å². The summed E-state index contributed by atoms with van der Waals surface area (Å²) >= 11 is 1.48. The van der Waals surface area contributed by atoms with Crippen molar-refractivity contribution in [2.75, 3.05) is 37.7 Å². The highest BCUT2D eigenvalue weighted by Crippen LogP contribution is 2.27. The average molecular weight is 411 g/mol. The Morgan fingerprint density at radius 2 is 1.93 bits per heavy atom. The van der Waals surface area contributed by atoms with Crippen molar-refractivity contribution in [2.24, 2.45) is 0 Å². The van der Waals surface area contributed by atoms with Gasteiger partial charge in [-0.15, -0.1) is 0 Å². The van der Waals surface area contributed by atoms with Gasteiger partial charge in [0.25, 0.3) is 0 Å². The van der Waals surface area contributed by atoms with Gasteiger partial charge in [-0.25, -0.2) is 4.98 Å². The Labute approximate surface area is 175 Å². The van der Waals surface area contributed by atoms with Crippen LogP contribution in [0.1, 0.15) is 13.8 Å². The third kappa shape index (κ3) is 4.50. The first-order valence-electron chi connectivity index (χ1n) is 10.0. The van der Waals surface area contributed by atoms with Crippen molar-refractivity contribution >= 4 is 34.4 Å². The van der Waals surface area contributed by atoms with Gasteiger partial charge < -0.3 is 19.5 Å². The van der Waals surface area contributed by atoms with Gasteiger partial charge in [0.05, 0.1) is 22.9 Å². The summed E-state index contributed by atoms with van der Waals surface area (Å²) in [6, 6.07) is 16.2. The fourth-order valence-corrected chi connectivity index (χ4v) is 4.48. The first kappa shape index (κ1) is 19.6. The van der Waals surface area contributed by atoms with E-state index in [9.17, 15) is 4.79 Å². The van der Waals surface area contributed by atoms with Gasteiger partial charge in [-0.2, -0.15) is 0 Å². The molecular formula is C22H26N4O2S. The number of hydrogen-bond acceptors (Lipinski definition) is 5. The number of carbonyl (C=O) groups is 1. The first-order valence-corrected chi connectivity index (χ1v) is 10.9. The third-order valence-electron chi connectivity index (χ3n) is 5.09. The van der Waals surface area contributed by atoms with E-state index in [0.717, 1.165) is 48.1 Å². The minimum absolute atomic E-state index is 0.165. The molecule has 1 N–H and O–H groups in total. The maximum absolute atomic E-state index is 12.9. The maximum atomic E-state index is 12.9. The minimum atomic E-state index is -0.190. The van der Waals surface area contributed by atoms with Crippen LogP contribution in [0.5, 0.6) is 5.75 Å². The number of imidazole rings is 1. The normalized spacial score (nSPS) is 15.5. The second-order valence-electron chi connectivity index (χ2n) is 7.06. The van der Waals surface area contributed by atoms with E-state index >= 15 is 0 Å². The second kappa shape index (κ2) is 8.78. The van der Waals surface area contributed by atoms with Crippen LogP contribution in [0.25, 0.3) is 11.0 Å². The molecule has 7 heteroatoms. The number of aromatic nitrogens is 2. The predicted molar refractivity (Wildman–Crippen MR) is 118 cm³/mol. The molecule has 29 heavy (non-hydrogen) atoms. The number of thioether (sulfide) groups is 1. The topological polar surface area (TPSA) is 61.5 Å². The molecule has 0 spiro atoms. The number of fused-ring (bicyclic) bond motifs is 1. The average Bonchev–Trinajstić information content (AvgIpc) is 3.15. The summed E-state index contributed by atoms with van der Waals surface area (Å²) in [7, 11) is 0. The number of nitrogens with one attached hydrogen (secondary N) is 1. The molecular weight excluding hydrogens is 384 g/mol. The molecule has 0 bridgehead atoms. The first-order chi connectivity index (χ1) is 14.1. The number of hydrogen-bond donors (Lipinski definition) is 1. The summed E-state index contributed by atoms with van der Waals surface area (Å²) in [5, 5.41) is 0.572. The van der Waals surface area contributed by atoms with E-state index < -0.39 is 0 Å². The number of carbonyl (C=O) groups excluding carboxylic acids is 1. The molecule has 1 aliphatic heterocycles. The number of piperazine rings is 1. The molecule has 1 fully saturated rings. The predicted octanol–water partition coefficient (Wildman–Crippen LogP) is 3.79. The smallest absolute Gasteiger partial charge is 0.236 e. The van der Waals surface area contributed by atoms with E-state index in [4.69, 9.17) is 4.74 Å². The molecule has 1 unspecified atom stereocenters. The lowest BCUT2D eigenvalue weighted by atomic mass is 10.2. The van der Waals surface area contributed by atoms with Crippen LogP contribution >= 0.6 is 11.8 Å². The molecule has 0 aliphatic carbocycles. The number of anilines is 1. The quantitative estimate of drug-likeness (QED) is 0.627. The van der Waals surface area contributed by atoms with Crippen molar-refractivity contribution in [3.8, 4) is 5.75 Å². The number of H-pyrrole nitrogens is 1. The molecule has 1 aliphatic rings. The Morgan fingerprint density at radius 1 is 1.17 bits per heavy atom. The monoisotopic (exact) mass is 410 g/mol. The van der Waals surface area contributed by atoms with Crippen molar-refractivity contribution < 1.29 is 9.53 Å². The Morgan fingerprint density at radius 3 is 2.66 bits per heavy atom. The molecule has 6 nitrogen and oxygen atoms in total. The Bertz CT molecular complexity index is 967. The summed E-state index contributed by atoms with van der Waals surface area (Å²) in [5.41, 5.74) is 3.03. The van der Waals surface area contributed by atoms with Crippen LogP contribution < -0.4 is 9.64 Å². The number of nitrogens with zero attached hydrogens (tertiary/aromatic N) is 3. The largest absolute Gasteiger partial charge is 0.494 e. The summed E-state index contributed by atoms with van der Waals surface area (Å²) in [6.45, 7) is 7.76. The Kier molecular flexibility index (Phi) is 5.94. The number of ether oxygens (including phenoxy) is 1. The van der Waals surface area contributed by atoms with Gasteiger partial charge in [0, 0.05) is 37.9 Å². The second-order valence-corrected chi connectivity index (χ2v) is 8.39. The highest BCUT2D eigenvalue weighted by Gasteiger charge is 2.26. The molecule has 152 valence electrons. The van der Waals surface area contributed by atoms with Gasteiger partial charge in [-0.1, -0.05) is 30.0 Å². The summed E-state index contributed by atoms with van der Waals surface area (Å²) in [5.74, 6) is 0.985. The van der Waals surface area contributed by atoms with Crippen LogP contribution in [-0.2, 0) is 4.79 Å². The van der Waals surface area contributed by atoms with E-state index in [1.165, 1.54) is 17.4 Å². The lowest BCUT2D eigenvalue weighted by Crippen LogP contribution is -2.50. The highest BCUT2D eigenvalue weighted by atomic mass is 32.2. The Balaban J connectivity index is 1.35. The molecule has 0 radical (unpaired) electrons. The molecule has 3 aromatic rings. The summed E-state index contributed by atoms with van der Waals surface area (Å²) in [4.78, 5) is 25.1. The van der Waals surface area contributed by atoms with Crippen molar-refractivity contribution in [2.45, 2.75) is 24.3 Å². The molecule has 4 rings (SSSR count). The van der Waals surface area contributed by atoms with Crippen LogP contribution in [0.15, 0.2) is 53.7 Å². The number of para-hydroxylation sites is 1. The molecule has 1 amide bonds. The zero-order chi connectivity index (χ0) is 20.2. The van der Waals surface area contributed by atoms with Gasteiger partial charge >= 0.3 is 0 Å². The van der Waals surface area contributed by atoms with Crippen LogP contribution in [0.4, 0.5) is 5.69 Å². The minimum Gasteiger partial charge on any atom is -0.494 e. The molecule has 1 aromatic heterocycles. The molecule has 1 saturated heterocycles. The van der Waals surface area contributed by atoms with E-state index in [1.54, 1.807) is 0 Å². The number of rotatable bonds is 6. The Hall–Kier alpha value is -2.67. The number of amides is 1. The maximum Gasteiger partial charge on any atom is 0.236 e. The lowest BCUT2D eigenvalue weighted by molar-refractivity contribution is -0.130. The summed E-state index contributed by atoms with van der Waals surface area (Å²) in [6.07, 6.45) is 0. The number of aromatic amines is 1. The van der Waals surface area contributed by atoms with Crippen LogP contribution in [-0.4, -0.2) is 58.8 Å². The van der Waals surface area contributed by atoms with E-state index in [2.05, 4.69) is 39.1 Å². The van der Waals surface area contributed by atoms with Gasteiger partial charge in [-0.05, 0) is 38.1 Å².